The van der Waals surface area contributed by atoms with Gasteiger partial charge < -0.3 is 4.57 Å². The number of nitriles is 2. The average molecular weight is 156 g/mol. The zero-order valence-corrected chi connectivity index (χ0v) is 6.41. The Labute approximate surface area is 70.8 Å². The van der Waals surface area contributed by atoms with E-state index in [2.05, 4.69) is 12.6 Å². The van der Waals surface area contributed by atoms with Crippen LogP contribution < -0.4 is 0 Å². The Morgan fingerprint density at radius 3 is 2.83 bits per heavy atom. The van der Waals surface area contributed by atoms with Gasteiger partial charge in [-0.05, 0) is 0 Å². The molecule has 0 bridgehead atoms. The van der Waals surface area contributed by atoms with E-state index in [-0.39, 0.29) is 0 Å². The van der Waals surface area contributed by atoms with Crippen LogP contribution in [-0.4, -0.2) is 4.57 Å². The molecule has 57 valence electrons. The fourth-order valence-corrected chi connectivity index (χ4v) is 0.907. The fourth-order valence-electron chi connectivity index (χ4n) is 0.907. The van der Waals surface area contributed by atoms with Gasteiger partial charge in [0.25, 0.3) is 0 Å². The Balaban J connectivity index is 3.17. The summed E-state index contributed by atoms with van der Waals surface area (Å²) in [7, 11) is 0. The summed E-state index contributed by atoms with van der Waals surface area (Å²) in [6, 6.07) is 6.52. The van der Waals surface area contributed by atoms with Crippen LogP contribution in [-0.2, 0) is 6.54 Å². The molecule has 0 aliphatic carbocycles. The second kappa shape index (κ2) is 3.41. The molecule has 0 spiro atoms. The molecule has 3 heteroatoms. The minimum atomic E-state index is 0.291. The molecule has 1 aromatic rings. The lowest BCUT2D eigenvalue weighted by Gasteiger charge is -1.97. The van der Waals surface area contributed by atoms with Crippen molar-refractivity contribution in [3.8, 4) is 12.1 Å². The molecule has 0 saturated heterocycles. The fraction of sp³-hybridized carbons (Fsp3) is 0.111. The van der Waals surface area contributed by atoms with Crippen LogP contribution in [0.25, 0.3) is 0 Å². The van der Waals surface area contributed by atoms with Gasteiger partial charge in [-0.2, -0.15) is 10.5 Å². The maximum atomic E-state index is 8.67. The van der Waals surface area contributed by atoms with Crippen LogP contribution in [0.5, 0.6) is 0 Å². The summed E-state index contributed by atoms with van der Waals surface area (Å²) in [6.45, 7) is 4.07. The monoisotopic (exact) mass is 156 g/mol. The van der Waals surface area contributed by atoms with E-state index in [0.717, 1.165) is 0 Å². The number of nitrogens with zero attached hydrogens (tertiary/aromatic N) is 3. The molecule has 0 fully saturated rings. The zero-order chi connectivity index (χ0) is 8.97. The van der Waals surface area contributed by atoms with Gasteiger partial charge in [0, 0.05) is 18.8 Å². The highest BCUT2D eigenvalue weighted by Gasteiger charge is 2.06. The van der Waals surface area contributed by atoms with Crippen LogP contribution in [0.15, 0.2) is 18.9 Å². The van der Waals surface area contributed by atoms with Crippen LogP contribution >= 0.6 is 0 Å². The van der Waals surface area contributed by atoms with Crippen LogP contribution in [0.3, 0.4) is 0 Å². The lowest BCUT2D eigenvalue weighted by Crippen LogP contribution is -1.96. The van der Waals surface area contributed by atoms with Crippen molar-refractivity contribution < 1.29 is 0 Å². The van der Waals surface area contributed by atoms with Crippen LogP contribution in [0.1, 0.15) is 11.3 Å². The normalized spacial score (nSPS) is 8.50. The Morgan fingerprint density at radius 2 is 2.33 bits per heavy atom. The van der Waals surface area contributed by atoms with Crippen molar-refractivity contribution >= 4 is 0 Å². The highest BCUT2D eigenvalue weighted by Crippen LogP contribution is 2.07. The Hall–Kier alpha value is -2.00. The van der Waals surface area contributed by atoms with Gasteiger partial charge in [-0.1, -0.05) is 6.08 Å². The first-order chi connectivity index (χ1) is 5.83. The van der Waals surface area contributed by atoms with Gasteiger partial charge in [0.05, 0.1) is 5.56 Å². The first kappa shape index (κ1) is 8.10. The highest BCUT2D eigenvalue weighted by molar-refractivity contribution is 5.41. The number of hydrogen-bond donors (Lipinski definition) is 0. The standard InChI is InChI=1S/C9H6N3/c1-2-4-12-5-3-8(6-10)9(12)7-11/h2,5H,1,4H2. The molecule has 0 N–H and O–H groups in total. The molecule has 0 unspecified atom stereocenters. The van der Waals surface area contributed by atoms with Crippen molar-refractivity contribution in [2.24, 2.45) is 0 Å². The van der Waals surface area contributed by atoms with Crippen LogP contribution in [0.2, 0.25) is 0 Å². The summed E-state index contributed by atoms with van der Waals surface area (Å²) >= 11 is 0. The molecule has 0 aromatic carbocycles. The van der Waals surface area contributed by atoms with Crippen molar-refractivity contribution in [3.05, 3.63) is 36.2 Å². The molecule has 0 aliphatic heterocycles. The first-order valence-corrected chi connectivity index (χ1v) is 3.35. The predicted molar refractivity (Wildman–Crippen MR) is 42.9 cm³/mol. The van der Waals surface area contributed by atoms with E-state index >= 15 is 0 Å². The molecular formula is C9H6N3. The summed E-state index contributed by atoms with van der Waals surface area (Å²) in [6.07, 6.45) is 3.24. The van der Waals surface area contributed by atoms with Gasteiger partial charge in [-0.15, -0.1) is 6.58 Å². The topological polar surface area (TPSA) is 52.5 Å². The molecule has 0 aliphatic rings. The van der Waals surface area contributed by atoms with E-state index in [0.29, 0.717) is 17.8 Å². The molecule has 1 radical (unpaired) electrons. The maximum absolute atomic E-state index is 8.67. The second-order valence-electron chi connectivity index (χ2n) is 2.16. The summed E-state index contributed by atoms with van der Waals surface area (Å²) < 4.78 is 1.63. The first-order valence-electron chi connectivity index (χ1n) is 3.35. The molecule has 0 amide bonds. The number of aromatic nitrogens is 1. The predicted octanol–water partition coefficient (Wildman–Crippen LogP) is 1.22. The van der Waals surface area contributed by atoms with E-state index < -0.39 is 0 Å². The molecule has 1 heterocycles. The zero-order valence-electron chi connectivity index (χ0n) is 6.41. The number of rotatable bonds is 2. The van der Waals surface area contributed by atoms with Crippen molar-refractivity contribution in [2.45, 2.75) is 6.54 Å². The summed E-state index contributed by atoms with van der Waals surface area (Å²) in [5, 5.41) is 17.2. The van der Waals surface area contributed by atoms with Gasteiger partial charge in [-0.25, -0.2) is 0 Å². The lowest BCUT2D eigenvalue weighted by molar-refractivity contribution is 0.816. The third kappa shape index (κ3) is 1.21. The minimum Gasteiger partial charge on any atom is -0.334 e. The maximum Gasteiger partial charge on any atom is 0.139 e. The minimum absolute atomic E-state index is 0.291. The third-order valence-electron chi connectivity index (χ3n) is 1.43. The quantitative estimate of drug-likeness (QED) is 0.604. The summed E-state index contributed by atoms with van der Waals surface area (Å²) in [5.41, 5.74) is 0.636. The van der Waals surface area contributed by atoms with Crippen LogP contribution in [0.4, 0.5) is 0 Å². The largest absolute Gasteiger partial charge is 0.334 e. The van der Waals surface area contributed by atoms with Gasteiger partial charge in [0.15, 0.2) is 0 Å². The van der Waals surface area contributed by atoms with Gasteiger partial charge in [0.1, 0.15) is 17.8 Å². The van der Waals surface area contributed by atoms with E-state index in [1.807, 2.05) is 12.1 Å². The van der Waals surface area contributed by atoms with E-state index in [1.54, 1.807) is 16.8 Å². The van der Waals surface area contributed by atoms with E-state index in [4.69, 9.17) is 10.5 Å². The number of allylic oxidation sites excluding steroid dienone is 1. The van der Waals surface area contributed by atoms with E-state index in [9.17, 15) is 0 Å². The van der Waals surface area contributed by atoms with Crippen molar-refractivity contribution in [1.29, 1.82) is 10.5 Å². The molecule has 0 saturated carbocycles. The van der Waals surface area contributed by atoms with Gasteiger partial charge in [-0.3, -0.25) is 0 Å². The van der Waals surface area contributed by atoms with Crippen molar-refractivity contribution in [2.75, 3.05) is 0 Å². The molecule has 1 aromatic heterocycles. The SMILES string of the molecule is C=CCn1c[c]c(C#N)c1C#N. The molecule has 12 heavy (non-hydrogen) atoms. The molecule has 3 nitrogen and oxygen atoms in total. The highest BCUT2D eigenvalue weighted by atomic mass is 15.0. The molecule has 1 rings (SSSR count). The number of hydrogen-bond acceptors (Lipinski definition) is 2. The Kier molecular flexibility index (Phi) is 2.30. The molecule has 0 atom stereocenters. The van der Waals surface area contributed by atoms with Crippen LogP contribution in [0, 0.1) is 28.7 Å². The van der Waals surface area contributed by atoms with E-state index in [1.165, 1.54) is 0 Å². The second-order valence-corrected chi connectivity index (χ2v) is 2.16. The smallest absolute Gasteiger partial charge is 0.139 e. The average Bonchev–Trinajstić information content (AvgIpc) is 2.47. The third-order valence-corrected chi connectivity index (χ3v) is 1.43. The van der Waals surface area contributed by atoms with Crippen molar-refractivity contribution in [3.63, 3.8) is 0 Å². The van der Waals surface area contributed by atoms with Gasteiger partial charge >= 0.3 is 0 Å². The Bertz CT molecular complexity index is 373. The Morgan fingerprint density at radius 1 is 1.58 bits per heavy atom. The lowest BCUT2D eigenvalue weighted by atomic mass is 10.3. The van der Waals surface area contributed by atoms with Gasteiger partial charge in [0.2, 0.25) is 0 Å². The summed E-state index contributed by atoms with van der Waals surface area (Å²) in [4.78, 5) is 0. The van der Waals surface area contributed by atoms with Crippen molar-refractivity contribution in [1.82, 2.24) is 4.57 Å². The summed E-state index contributed by atoms with van der Waals surface area (Å²) in [5.74, 6) is 0. The molecular weight excluding hydrogens is 150 g/mol.